The monoisotopic (exact) mass is 335 g/mol. The fraction of sp³-hybridized carbons (Fsp3) is 0.167. The van der Waals surface area contributed by atoms with Gasteiger partial charge < -0.3 is 5.32 Å². The third kappa shape index (κ3) is 3.26. The maximum Gasteiger partial charge on any atom is 0.417 e. The van der Waals surface area contributed by atoms with Gasteiger partial charge in [0.15, 0.2) is 0 Å². The highest BCUT2D eigenvalue weighted by atomic mass is 79.9. The summed E-state index contributed by atoms with van der Waals surface area (Å²) in [7, 11) is 0. The van der Waals surface area contributed by atoms with Gasteiger partial charge in [0.25, 0.3) is 0 Å². The standard InChI is InChI=1S/C12H9BrF3NS/c13-11-2-1-9(5-10(11)12(14,15)16)17-6-8-3-4-18-7-8/h1-5,7,17H,6H2. The third-order valence-electron chi connectivity index (χ3n) is 2.35. The summed E-state index contributed by atoms with van der Waals surface area (Å²) in [4.78, 5) is 0. The Morgan fingerprint density at radius 3 is 2.61 bits per heavy atom. The molecule has 0 saturated heterocycles. The predicted octanol–water partition coefficient (Wildman–Crippen LogP) is 5.14. The van der Waals surface area contributed by atoms with Gasteiger partial charge in [-0.05, 0) is 40.6 Å². The van der Waals surface area contributed by atoms with Crippen LogP contribution < -0.4 is 5.32 Å². The molecule has 0 fully saturated rings. The van der Waals surface area contributed by atoms with E-state index in [1.54, 1.807) is 17.4 Å². The smallest absolute Gasteiger partial charge is 0.381 e. The molecule has 96 valence electrons. The number of anilines is 1. The Kier molecular flexibility index (Phi) is 3.97. The van der Waals surface area contributed by atoms with Gasteiger partial charge in [0.1, 0.15) is 0 Å². The molecule has 0 aliphatic rings. The molecule has 0 saturated carbocycles. The molecule has 0 atom stereocenters. The Balaban J connectivity index is 2.15. The van der Waals surface area contributed by atoms with Gasteiger partial charge in [0.2, 0.25) is 0 Å². The van der Waals surface area contributed by atoms with Gasteiger partial charge in [-0.25, -0.2) is 0 Å². The number of hydrogen-bond donors (Lipinski definition) is 1. The highest BCUT2D eigenvalue weighted by Gasteiger charge is 2.33. The summed E-state index contributed by atoms with van der Waals surface area (Å²) in [6, 6.07) is 6.06. The Hall–Kier alpha value is -1.01. The second-order valence-corrected chi connectivity index (χ2v) is 5.31. The van der Waals surface area contributed by atoms with Crippen LogP contribution in [0.25, 0.3) is 0 Å². The van der Waals surface area contributed by atoms with E-state index < -0.39 is 11.7 Å². The summed E-state index contributed by atoms with van der Waals surface area (Å²) < 4.78 is 38.1. The van der Waals surface area contributed by atoms with Gasteiger partial charge in [-0.15, -0.1) is 0 Å². The number of nitrogens with one attached hydrogen (secondary N) is 1. The zero-order valence-electron chi connectivity index (χ0n) is 9.09. The summed E-state index contributed by atoms with van der Waals surface area (Å²) in [5, 5.41) is 6.86. The largest absolute Gasteiger partial charge is 0.417 e. The third-order valence-corrected chi connectivity index (χ3v) is 3.77. The lowest BCUT2D eigenvalue weighted by atomic mass is 10.2. The van der Waals surface area contributed by atoms with E-state index in [1.165, 1.54) is 6.07 Å². The number of thiophene rings is 1. The summed E-state index contributed by atoms with van der Waals surface area (Å²) in [6.07, 6.45) is -4.35. The Bertz CT molecular complexity index is 523. The van der Waals surface area contributed by atoms with Crippen molar-refractivity contribution in [3.05, 3.63) is 50.6 Å². The van der Waals surface area contributed by atoms with E-state index in [1.807, 2.05) is 16.8 Å². The normalized spacial score (nSPS) is 11.6. The maximum atomic E-state index is 12.7. The van der Waals surface area contributed by atoms with Gasteiger partial charge >= 0.3 is 6.18 Å². The zero-order valence-corrected chi connectivity index (χ0v) is 11.5. The van der Waals surface area contributed by atoms with E-state index in [2.05, 4.69) is 21.2 Å². The summed E-state index contributed by atoms with van der Waals surface area (Å²) in [6.45, 7) is 0.516. The van der Waals surface area contributed by atoms with Crippen LogP contribution in [-0.2, 0) is 12.7 Å². The van der Waals surface area contributed by atoms with Crippen LogP contribution in [0.2, 0.25) is 0 Å². The van der Waals surface area contributed by atoms with E-state index in [-0.39, 0.29) is 4.47 Å². The number of hydrogen-bond acceptors (Lipinski definition) is 2. The van der Waals surface area contributed by atoms with Crippen molar-refractivity contribution < 1.29 is 13.2 Å². The quantitative estimate of drug-likeness (QED) is 0.818. The molecule has 6 heteroatoms. The minimum absolute atomic E-state index is 0.0519. The molecule has 1 nitrogen and oxygen atoms in total. The van der Waals surface area contributed by atoms with Crippen molar-refractivity contribution in [2.24, 2.45) is 0 Å². The topological polar surface area (TPSA) is 12.0 Å². The number of alkyl halides is 3. The molecule has 0 amide bonds. The highest BCUT2D eigenvalue weighted by Crippen LogP contribution is 2.36. The van der Waals surface area contributed by atoms with Crippen molar-refractivity contribution in [1.29, 1.82) is 0 Å². The molecule has 2 rings (SSSR count). The van der Waals surface area contributed by atoms with E-state index in [4.69, 9.17) is 0 Å². The Morgan fingerprint density at radius 2 is 2.00 bits per heavy atom. The summed E-state index contributed by atoms with van der Waals surface area (Å²) in [5.74, 6) is 0. The second-order valence-electron chi connectivity index (χ2n) is 3.68. The zero-order chi connectivity index (χ0) is 13.2. The first kappa shape index (κ1) is 13.4. The van der Waals surface area contributed by atoms with Crippen LogP contribution >= 0.6 is 27.3 Å². The first-order valence-electron chi connectivity index (χ1n) is 5.08. The van der Waals surface area contributed by atoms with E-state index in [0.717, 1.165) is 11.6 Å². The summed E-state index contributed by atoms with van der Waals surface area (Å²) >= 11 is 4.47. The molecule has 0 spiro atoms. The SMILES string of the molecule is FC(F)(F)c1cc(NCc2ccsc2)ccc1Br. The molecule has 1 aromatic heterocycles. The maximum absolute atomic E-state index is 12.7. The van der Waals surface area contributed by atoms with Gasteiger partial charge in [0, 0.05) is 16.7 Å². The minimum atomic E-state index is -4.35. The number of halogens is 4. The minimum Gasteiger partial charge on any atom is -0.381 e. The molecular formula is C12H9BrF3NS. The lowest BCUT2D eigenvalue weighted by molar-refractivity contribution is -0.138. The van der Waals surface area contributed by atoms with Gasteiger partial charge in [-0.2, -0.15) is 24.5 Å². The summed E-state index contributed by atoms with van der Waals surface area (Å²) in [5.41, 5.74) is 0.839. The molecule has 0 radical (unpaired) electrons. The van der Waals surface area contributed by atoms with Crippen molar-refractivity contribution in [2.75, 3.05) is 5.32 Å². The van der Waals surface area contributed by atoms with Crippen molar-refractivity contribution in [1.82, 2.24) is 0 Å². The molecular weight excluding hydrogens is 327 g/mol. The van der Waals surface area contributed by atoms with Crippen LogP contribution in [0.5, 0.6) is 0 Å². The van der Waals surface area contributed by atoms with E-state index >= 15 is 0 Å². The first-order chi connectivity index (χ1) is 8.47. The van der Waals surface area contributed by atoms with Crippen LogP contribution in [-0.4, -0.2) is 0 Å². The van der Waals surface area contributed by atoms with Gasteiger partial charge in [-0.1, -0.05) is 15.9 Å². The van der Waals surface area contributed by atoms with Gasteiger partial charge in [0.05, 0.1) is 5.56 Å². The van der Waals surface area contributed by atoms with E-state index in [9.17, 15) is 13.2 Å². The molecule has 0 aliphatic heterocycles. The van der Waals surface area contributed by atoms with Crippen LogP contribution in [0, 0.1) is 0 Å². The molecule has 0 aliphatic carbocycles. The lowest BCUT2D eigenvalue weighted by Crippen LogP contribution is -2.07. The molecule has 1 heterocycles. The van der Waals surface area contributed by atoms with Crippen molar-refractivity contribution in [3.8, 4) is 0 Å². The van der Waals surface area contributed by atoms with E-state index in [0.29, 0.717) is 12.2 Å². The Morgan fingerprint density at radius 1 is 1.22 bits per heavy atom. The van der Waals surface area contributed by atoms with Crippen LogP contribution in [0.1, 0.15) is 11.1 Å². The average molecular weight is 336 g/mol. The molecule has 0 bridgehead atoms. The fourth-order valence-electron chi connectivity index (χ4n) is 1.45. The molecule has 2 aromatic rings. The molecule has 0 unspecified atom stereocenters. The lowest BCUT2D eigenvalue weighted by Gasteiger charge is -2.12. The number of benzene rings is 1. The second kappa shape index (κ2) is 5.32. The van der Waals surface area contributed by atoms with Gasteiger partial charge in [-0.3, -0.25) is 0 Å². The average Bonchev–Trinajstić information content (AvgIpc) is 2.79. The van der Waals surface area contributed by atoms with Crippen LogP contribution in [0.3, 0.4) is 0 Å². The number of rotatable bonds is 3. The molecule has 1 N–H and O–H groups in total. The molecule has 1 aromatic carbocycles. The first-order valence-corrected chi connectivity index (χ1v) is 6.82. The van der Waals surface area contributed by atoms with Crippen molar-refractivity contribution in [3.63, 3.8) is 0 Å². The predicted molar refractivity (Wildman–Crippen MR) is 70.8 cm³/mol. The van der Waals surface area contributed by atoms with Crippen molar-refractivity contribution in [2.45, 2.75) is 12.7 Å². The van der Waals surface area contributed by atoms with Crippen LogP contribution in [0.4, 0.5) is 18.9 Å². The Labute approximate surface area is 115 Å². The van der Waals surface area contributed by atoms with Crippen LogP contribution in [0.15, 0.2) is 39.5 Å². The highest BCUT2D eigenvalue weighted by molar-refractivity contribution is 9.10. The van der Waals surface area contributed by atoms with Crippen molar-refractivity contribution >= 4 is 33.0 Å². The fourth-order valence-corrected chi connectivity index (χ4v) is 2.59. The molecule has 18 heavy (non-hydrogen) atoms.